The lowest BCUT2D eigenvalue weighted by molar-refractivity contribution is -0.132. The number of aromatic nitrogens is 1. The largest absolute Gasteiger partial charge is 0.493 e. The zero-order chi connectivity index (χ0) is 23.3. The number of anilines is 1. The Kier molecular flexibility index (Phi) is 7.74. The Morgan fingerprint density at radius 3 is 2.47 bits per heavy atom. The lowest BCUT2D eigenvalue weighted by Crippen LogP contribution is -2.36. The van der Waals surface area contributed by atoms with Crippen LogP contribution in [0.2, 0.25) is 0 Å². The first kappa shape index (κ1) is 23.6. The molecule has 9 heteroatoms. The van der Waals surface area contributed by atoms with E-state index in [4.69, 9.17) is 14.2 Å². The summed E-state index contributed by atoms with van der Waals surface area (Å²) in [5.41, 5.74) is 1.68. The van der Waals surface area contributed by atoms with Gasteiger partial charge in [0.15, 0.2) is 16.6 Å². The standard InChI is InChI=1S/C23H29N3O5S/c1-14(2)10-21(28)26-9-8-16-19(13-26)32-23(24-16)25-20(27)7-6-15-11-17(29-3)22(31-5)18(12-15)30-4/h6-7,11-12,14H,8-10,13H2,1-5H3,(H,24,25,27)/b7-6+. The van der Waals surface area contributed by atoms with E-state index in [1.165, 1.54) is 24.5 Å². The van der Waals surface area contributed by atoms with Crippen LogP contribution in [0.1, 0.15) is 36.4 Å². The molecule has 0 spiro atoms. The van der Waals surface area contributed by atoms with Crippen molar-refractivity contribution in [2.75, 3.05) is 33.2 Å². The summed E-state index contributed by atoms with van der Waals surface area (Å²) in [6, 6.07) is 3.52. The van der Waals surface area contributed by atoms with Crippen molar-refractivity contribution in [1.29, 1.82) is 0 Å². The normalized spacial score (nSPS) is 13.2. The van der Waals surface area contributed by atoms with E-state index in [1.807, 2.05) is 18.7 Å². The fourth-order valence-electron chi connectivity index (χ4n) is 3.46. The Balaban J connectivity index is 1.66. The molecule has 1 N–H and O–H groups in total. The number of carbonyl (C=O) groups is 2. The highest BCUT2D eigenvalue weighted by Crippen LogP contribution is 2.38. The van der Waals surface area contributed by atoms with Crippen LogP contribution in [-0.2, 0) is 22.6 Å². The minimum absolute atomic E-state index is 0.165. The van der Waals surface area contributed by atoms with Gasteiger partial charge >= 0.3 is 0 Å². The van der Waals surface area contributed by atoms with Gasteiger partial charge in [-0.3, -0.25) is 14.9 Å². The zero-order valence-electron chi connectivity index (χ0n) is 19.1. The number of benzene rings is 1. The van der Waals surface area contributed by atoms with E-state index in [0.717, 1.165) is 16.1 Å². The Morgan fingerprint density at radius 2 is 1.88 bits per heavy atom. The van der Waals surface area contributed by atoms with Crippen molar-refractivity contribution in [3.05, 3.63) is 34.3 Å². The van der Waals surface area contributed by atoms with Crippen LogP contribution in [0.3, 0.4) is 0 Å². The number of ether oxygens (including phenoxy) is 3. The average Bonchev–Trinajstić information content (AvgIpc) is 3.17. The van der Waals surface area contributed by atoms with Gasteiger partial charge in [0.1, 0.15) is 0 Å². The van der Waals surface area contributed by atoms with Crippen LogP contribution in [0, 0.1) is 5.92 Å². The van der Waals surface area contributed by atoms with E-state index in [9.17, 15) is 9.59 Å². The zero-order valence-corrected chi connectivity index (χ0v) is 19.9. The number of nitrogens with one attached hydrogen (secondary N) is 1. The molecule has 172 valence electrons. The van der Waals surface area contributed by atoms with Crippen LogP contribution in [0.25, 0.3) is 6.08 Å². The average molecular weight is 460 g/mol. The van der Waals surface area contributed by atoms with Crippen molar-refractivity contribution < 1.29 is 23.8 Å². The summed E-state index contributed by atoms with van der Waals surface area (Å²) in [7, 11) is 4.62. The SMILES string of the molecule is COc1cc(/C=C/C(=O)Nc2nc3c(s2)CN(C(=O)CC(C)C)CC3)cc(OC)c1OC. The molecule has 1 aliphatic rings. The predicted octanol–water partition coefficient (Wildman–Crippen LogP) is 3.75. The summed E-state index contributed by atoms with van der Waals surface area (Å²) in [6.45, 7) is 5.30. The minimum atomic E-state index is -0.294. The molecule has 0 saturated carbocycles. The minimum Gasteiger partial charge on any atom is -0.493 e. The summed E-state index contributed by atoms with van der Waals surface area (Å²) < 4.78 is 16.0. The Labute approximate surface area is 192 Å². The quantitative estimate of drug-likeness (QED) is 0.605. The Bertz CT molecular complexity index is 990. The van der Waals surface area contributed by atoms with Gasteiger partial charge in [-0.25, -0.2) is 4.98 Å². The van der Waals surface area contributed by atoms with Gasteiger partial charge in [0.25, 0.3) is 0 Å². The number of carbonyl (C=O) groups excluding carboxylic acids is 2. The van der Waals surface area contributed by atoms with E-state index in [1.54, 1.807) is 32.4 Å². The lowest BCUT2D eigenvalue weighted by Gasteiger charge is -2.26. The molecule has 3 rings (SSSR count). The Morgan fingerprint density at radius 1 is 1.19 bits per heavy atom. The molecule has 2 aromatic rings. The number of amides is 2. The topological polar surface area (TPSA) is 90.0 Å². The van der Waals surface area contributed by atoms with Crippen LogP contribution >= 0.6 is 11.3 Å². The molecule has 0 atom stereocenters. The van der Waals surface area contributed by atoms with Crippen LogP contribution in [0.5, 0.6) is 17.2 Å². The summed E-state index contributed by atoms with van der Waals surface area (Å²) in [5, 5.41) is 3.35. The molecule has 0 aliphatic carbocycles. The second kappa shape index (κ2) is 10.5. The highest BCUT2D eigenvalue weighted by atomic mass is 32.1. The molecule has 0 unspecified atom stereocenters. The second-order valence-electron chi connectivity index (χ2n) is 7.83. The van der Waals surface area contributed by atoms with Gasteiger partial charge in [0.2, 0.25) is 17.6 Å². The highest BCUT2D eigenvalue weighted by molar-refractivity contribution is 7.15. The molecule has 2 amide bonds. The molecule has 0 saturated heterocycles. The third-order valence-corrected chi connectivity index (χ3v) is 6.01. The fourth-order valence-corrected chi connectivity index (χ4v) is 4.48. The number of thiazole rings is 1. The number of rotatable bonds is 8. The molecule has 1 aromatic heterocycles. The lowest BCUT2D eigenvalue weighted by atomic mass is 10.1. The Hall–Kier alpha value is -3.07. The first-order valence-corrected chi connectivity index (χ1v) is 11.2. The summed E-state index contributed by atoms with van der Waals surface area (Å²) in [6.07, 6.45) is 4.34. The van der Waals surface area contributed by atoms with Gasteiger partial charge in [-0.2, -0.15) is 0 Å². The summed E-state index contributed by atoms with van der Waals surface area (Å²) in [4.78, 5) is 32.2. The molecule has 1 aliphatic heterocycles. The van der Waals surface area contributed by atoms with Gasteiger partial charge in [-0.15, -0.1) is 0 Å². The van der Waals surface area contributed by atoms with Gasteiger partial charge in [0.05, 0.1) is 33.6 Å². The molecule has 0 bridgehead atoms. The van der Waals surface area contributed by atoms with Gasteiger partial charge in [-0.05, 0) is 29.7 Å². The smallest absolute Gasteiger partial charge is 0.250 e. The summed E-state index contributed by atoms with van der Waals surface area (Å²) >= 11 is 1.42. The monoisotopic (exact) mass is 459 g/mol. The second-order valence-corrected chi connectivity index (χ2v) is 8.92. The van der Waals surface area contributed by atoms with Gasteiger partial charge in [0, 0.05) is 30.3 Å². The molecule has 1 aromatic carbocycles. The molecular formula is C23H29N3O5S. The number of fused-ring (bicyclic) bond motifs is 1. The maximum atomic E-state index is 12.4. The molecule has 8 nitrogen and oxygen atoms in total. The van der Waals surface area contributed by atoms with Crippen LogP contribution in [-0.4, -0.2) is 49.6 Å². The maximum absolute atomic E-state index is 12.4. The molecule has 2 heterocycles. The van der Waals surface area contributed by atoms with Crippen molar-refractivity contribution in [2.24, 2.45) is 5.92 Å². The highest BCUT2D eigenvalue weighted by Gasteiger charge is 2.24. The van der Waals surface area contributed by atoms with Crippen LogP contribution in [0.4, 0.5) is 5.13 Å². The van der Waals surface area contributed by atoms with E-state index < -0.39 is 0 Å². The first-order valence-electron chi connectivity index (χ1n) is 10.4. The maximum Gasteiger partial charge on any atom is 0.250 e. The van der Waals surface area contributed by atoms with Crippen molar-refractivity contribution in [2.45, 2.75) is 33.2 Å². The van der Waals surface area contributed by atoms with Crippen LogP contribution in [0.15, 0.2) is 18.2 Å². The van der Waals surface area contributed by atoms with E-state index >= 15 is 0 Å². The molecule has 0 radical (unpaired) electrons. The molecule has 32 heavy (non-hydrogen) atoms. The van der Waals surface area contributed by atoms with Gasteiger partial charge < -0.3 is 19.1 Å². The number of hydrogen-bond acceptors (Lipinski definition) is 7. The van der Waals surface area contributed by atoms with Crippen molar-refractivity contribution in [3.63, 3.8) is 0 Å². The van der Waals surface area contributed by atoms with Crippen molar-refractivity contribution in [3.8, 4) is 17.2 Å². The van der Waals surface area contributed by atoms with E-state index in [2.05, 4.69) is 10.3 Å². The molecule has 0 fully saturated rings. The number of hydrogen-bond donors (Lipinski definition) is 1. The predicted molar refractivity (Wildman–Crippen MR) is 124 cm³/mol. The van der Waals surface area contributed by atoms with Gasteiger partial charge in [-0.1, -0.05) is 25.2 Å². The third kappa shape index (κ3) is 5.59. The third-order valence-electron chi connectivity index (χ3n) is 5.01. The number of methoxy groups -OCH3 is 3. The number of nitrogens with zero attached hydrogens (tertiary/aromatic N) is 2. The van der Waals surface area contributed by atoms with Crippen molar-refractivity contribution >= 4 is 34.4 Å². The molecular weight excluding hydrogens is 430 g/mol. The first-order chi connectivity index (χ1) is 15.3. The van der Waals surface area contributed by atoms with Crippen molar-refractivity contribution in [1.82, 2.24) is 9.88 Å². The fraction of sp³-hybridized carbons (Fsp3) is 0.435. The van der Waals surface area contributed by atoms with E-state index in [0.29, 0.717) is 54.2 Å². The van der Waals surface area contributed by atoms with Crippen LogP contribution < -0.4 is 19.5 Å². The van der Waals surface area contributed by atoms with E-state index in [-0.39, 0.29) is 11.8 Å². The summed E-state index contributed by atoms with van der Waals surface area (Å²) in [5.74, 6) is 1.71.